The highest BCUT2D eigenvalue weighted by molar-refractivity contribution is 6.14. The van der Waals surface area contributed by atoms with Crippen molar-refractivity contribution in [3.8, 4) is 44.5 Å². The van der Waals surface area contributed by atoms with Crippen LogP contribution in [0.5, 0.6) is 0 Å². The zero-order valence-corrected chi connectivity index (χ0v) is 40.4. The van der Waals surface area contributed by atoms with Crippen molar-refractivity contribution in [2.75, 3.05) is 4.90 Å². The Morgan fingerprint density at radius 3 is 1.58 bits per heavy atom. The molecule has 0 atom stereocenters. The molecule has 0 bridgehead atoms. The van der Waals surface area contributed by atoms with Crippen LogP contribution in [0.25, 0.3) is 88.0 Å². The van der Waals surface area contributed by atoms with E-state index in [0.29, 0.717) is 11.8 Å². The van der Waals surface area contributed by atoms with Gasteiger partial charge in [-0.25, -0.2) is 0 Å². The van der Waals surface area contributed by atoms with Gasteiger partial charge in [-0.05, 0) is 160 Å². The van der Waals surface area contributed by atoms with Gasteiger partial charge in [0, 0.05) is 16.6 Å². The van der Waals surface area contributed by atoms with Crippen molar-refractivity contribution in [3.63, 3.8) is 0 Å². The highest BCUT2D eigenvalue weighted by atomic mass is 16.3. The molecular formula is C69H51NO. The number of para-hydroxylation sites is 1. The highest BCUT2D eigenvalue weighted by Crippen LogP contribution is 2.65. The molecule has 0 amide bonds. The lowest BCUT2D eigenvalue weighted by molar-refractivity contribution is 0.669. The second kappa shape index (κ2) is 15.8. The SMILES string of the molecule is CC(C)c1ccc2c(c1)C1(c3cc(C(C)C)ccc3-2)c2ccccc2-c2c(N(c3ccc(-c4ccc5cc(-c6ccc7ccccc7c6)ccc5c4)cc3)c3cccc4oc5ccccc5c34)cccc21. The summed E-state index contributed by atoms with van der Waals surface area (Å²) in [7, 11) is 0. The zero-order valence-electron chi connectivity index (χ0n) is 40.4. The van der Waals surface area contributed by atoms with E-state index in [4.69, 9.17) is 4.42 Å². The smallest absolute Gasteiger partial charge is 0.137 e. The zero-order chi connectivity index (χ0) is 47.5. The quantitative estimate of drug-likeness (QED) is 0.158. The Morgan fingerprint density at radius 1 is 0.366 bits per heavy atom. The first-order chi connectivity index (χ1) is 34.8. The predicted molar refractivity (Wildman–Crippen MR) is 299 cm³/mol. The van der Waals surface area contributed by atoms with Crippen molar-refractivity contribution >= 4 is 60.5 Å². The number of nitrogens with zero attached hydrogens (tertiary/aromatic N) is 1. The minimum atomic E-state index is -0.501. The topological polar surface area (TPSA) is 16.4 Å². The lowest BCUT2D eigenvalue weighted by atomic mass is 9.69. The molecule has 2 nitrogen and oxygen atoms in total. The summed E-state index contributed by atoms with van der Waals surface area (Å²) in [5.74, 6) is 0.781. The van der Waals surface area contributed by atoms with E-state index in [-0.39, 0.29) is 0 Å². The van der Waals surface area contributed by atoms with Gasteiger partial charge in [-0.1, -0.05) is 198 Å². The van der Waals surface area contributed by atoms with Crippen LogP contribution in [-0.2, 0) is 5.41 Å². The van der Waals surface area contributed by atoms with Gasteiger partial charge < -0.3 is 9.32 Å². The van der Waals surface area contributed by atoms with Crippen LogP contribution in [0.3, 0.4) is 0 Å². The summed E-state index contributed by atoms with van der Waals surface area (Å²) in [6, 6.07) is 84.1. The molecule has 0 N–H and O–H groups in total. The van der Waals surface area contributed by atoms with Crippen LogP contribution in [0, 0.1) is 0 Å². The molecule has 0 fully saturated rings. The summed E-state index contributed by atoms with van der Waals surface area (Å²) >= 11 is 0. The molecule has 14 rings (SSSR count). The minimum absolute atomic E-state index is 0.391. The van der Waals surface area contributed by atoms with Crippen molar-refractivity contribution < 1.29 is 4.42 Å². The van der Waals surface area contributed by atoms with Gasteiger partial charge in [0.25, 0.3) is 0 Å². The normalized spacial score (nSPS) is 13.2. The van der Waals surface area contributed by atoms with E-state index in [9.17, 15) is 0 Å². The van der Waals surface area contributed by atoms with Crippen molar-refractivity contribution in [1.82, 2.24) is 0 Å². The molecule has 1 heterocycles. The second-order valence-corrected chi connectivity index (χ2v) is 20.4. The molecule has 71 heavy (non-hydrogen) atoms. The van der Waals surface area contributed by atoms with Gasteiger partial charge in [-0.15, -0.1) is 0 Å². The van der Waals surface area contributed by atoms with Gasteiger partial charge in [0.1, 0.15) is 11.2 Å². The maximum atomic E-state index is 6.61. The largest absolute Gasteiger partial charge is 0.456 e. The molecule has 12 aromatic rings. The summed E-state index contributed by atoms with van der Waals surface area (Å²) in [4.78, 5) is 2.50. The number of fused-ring (bicyclic) bond motifs is 15. The Kier molecular flexibility index (Phi) is 9.23. The maximum absolute atomic E-state index is 6.61. The van der Waals surface area contributed by atoms with Crippen LogP contribution < -0.4 is 4.90 Å². The predicted octanol–water partition coefficient (Wildman–Crippen LogP) is 19.3. The summed E-state index contributed by atoms with van der Waals surface area (Å²) in [6.07, 6.45) is 0. The van der Waals surface area contributed by atoms with Crippen molar-refractivity contribution in [3.05, 3.63) is 258 Å². The molecule has 0 unspecified atom stereocenters. The minimum Gasteiger partial charge on any atom is -0.456 e. The molecule has 1 aromatic heterocycles. The van der Waals surface area contributed by atoms with Crippen molar-refractivity contribution in [2.45, 2.75) is 44.9 Å². The van der Waals surface area contributed by atoms with Crippen molar-refractivity contribution in [1.29, 1.82) is 0 Å². The van der Waals surface area contributed by atoms with Gasteiger partial charge in [0.2, 0.25) is 0 Å². The van der Waals surface area contributed by atoms with Gasteiger partial charge in [-0.3, -0.25) is 0 Å². The average Bonchev–Trinajstić information content (AvgIpc) is 4.05. The van der Waals surface area contributed by atoms with Crippen LogP contribution in [-0.4, -0.2) is 0 Å². The van der Waals surface area contributed by atoms with E-state index in [0.717, 1.165) is 39.0 Å². The lowest BCUT2D eigenvalue weighted by Crippen LogP contribution is -2.26. The number of rotatable bonds is 7. The van der Waals surface area contributed by atoms with E-state index in [1.165, 1.54) is 99.4 Å². The van der Waals surface area contributed by atoms with Crippen LogP contribution in [0.15, 0.2) is 229 Å². The molecule has 2 heteroatoms. The molecule has 11 aromatic carbocycles. The molecular weight excluding hydrogens is 859 g/mol. The summed E-state index contributed by atoms with van der Waals surface area (Å²) in [5.41, 5.74) is 22.7. The van der Waals surface area contributed by atoms with Gasteiger partial charge in [0.05, 0.1) is 22.2 Å². The first-order valence-corrected chi connectivity index (χ1v) is 25.2. The molecule has 0 saturated carbocycles. The Morgan fingerprint density at radius 2 is 0.887 bits per heavy atom. The standard InChI is InChI=1S/C69H51NO/c1-42(2)46-31-35-55-56-36-32-47(43(3)4)41-62(56)69(61(55)40-46)59-17-9-7-15-57(59)67-60(69)18-11-19-63(67)70(64-20-12-22-66-68(64)58-16-8-10-21-65(58)71-66)54-33-29-45(30-34-54)49-25-26-52-39-53(28-27-51(52)38-49)50-24-23-44-13-5-6-14-48(44)37-50/h5-43H,1-4H3. The summed E-state index contributed by atoms with van der Waals surface area (Å²) in [6.45, 7) is 9.25. The first-order valence-electron chi connectivity index (χ1n) is 25.2. The van der Waals surface area contributed by atoms with Crippen LogP contribution in [0.4, 0.5) is 17.1 Å². The van der Waals surface area contributed by atoms with Gasteiger partial charge >= 0.3 is 0 Å². The number of hydrogen-bond acceptors (Lipinski definition) is 2. The van der Waals surface area contributed by atoms with Crippen LogP contribution in [0.2, 0.25) is 0 Å². The molecule has 2 aliphatic carbocycles. The first kappa shape index (κ1) is 41.5. The van der Waals surface area contributed by atoms with E-state index >= 15 is 0 Å². The fourth-order valence-corrected chi connectivity index (χ4v) is 12.3. The summed E-state index contributed by atoms with van der Waals surface area (Å²) < 4.78 is 6.61. The van der Waals surface area contributed by atoms with Gasteiger partial charge in [-0.2, -0.15) is 0 Å². The molecule has 0 aliphatic heterocycles. The molecule has 2 aliphatic rings. The third-order valence-electron chi connectivity index (χ3n) is 15.8. The van der Waals surface area contributed by atoms with E-state index in [2.05, 4.69) is 257 Å². The number of anilines is 3. The van der Waals surface area contributed by atoms with Crippen LogP contribution in [0.1, 0.15) is 72.9 Å². The number of benzene rings is 11. The fraction of sp³-hybridized carbons (Fsp3) is 0.101. The van der Waals surface area contributed by atoms with E-state index in [1.54, 1.807) is 0 Å². The highest BCUT2D eigenvalue weighted by Gasteiger charge is 2.53. The Balaban J connectivity index is 0.957. The fourth-order valence-electron chi connectivity index (χ4n) is 12.3. The monoisotopic (exact) mass is 909 g/mol. The lowest BCUT2D eigenvalue weighted by Gasteiger charge is -2.32. The van der Waals surface area contributed by atoms with E-state index < -0.39 is 5.41 Å². The van der Waals surface area contributed by atoms with Crippen LogP contribution >= 0.6 is 0 Å². The third-order valence-corrected chi connectivity index (χ3v) is 15.8. The third kappa shape index (κ3) is 6.20. The Hall–Kier alpha value is -8.46. The number of hydrogen-bond donors (Lipinski definition) is 0. The molecule has 0 saturated heterocycles. The Bertz CT molecular complexity index is 4070. The molecule has 338 valence electrons. The molecule has 1 spiro atoms. The average molecular weight is 910 g/mol. The second-order valence-electron chi connectivity index (χ2n) is 20.4. The maximum Gasteiger partial charge on any atom is 0.137 e. The van der Waals surface area contributed by atoms with E-state index in [1.807, 2.05) is 0 Å². The van der Waals surface area contributed by atoms with Crippen molar-refractivity contribution in [2.24, 2.45) is 0 Å². The van der Waals surface area contributed by atoms with Gasteiger partial charge in [0.15, 0.2) is 0 Å². The molecule has 0 radical (unpaired) electrons. The Labute approximate surface area is 415 Å². The number of furan rings is 1. The summed E-state index contributed by atoms with van der Waals surface area (Å²) in [5, 5.41) is 7.17.